The van der Waals surface area contributed by atoms with Crippen LogP contribution in [0, 0.1) is 0 Å². The molecule has 0 aliphatic carbocycles. The number of hydrogen-bond donors (Lipinski definition) is 0. The van der Waals surface area contributed by atoms with E-state index in [1.165, 1.54) is 43.3 Å². The van der Waals surface area contributed by atoms with E-state index in [4.69, 9.17) is 21.1 Å². The Labute approximate surface area is 165 Å². The Balaban J connectivity index is 2.20. The van der Waals surface area contributed by atoms with Gasteiger partial charge in [0, 0.05) is 17.0 Å². The summed E-state index contributed by atoms with van der Waals surface area (Å²) < 4.78 is 49.4. The highest BCUT2D eigenvalue weighted by atomic mass is 35.5. The number of rotatable bonds is 8. The number of carbonyl (C=O) groups excluding carboxylic acids is 2. The summed E-state index contributed by atoms with van der Waals surface area (Å²) in [6, 6.07) is 10.3. The first-order valence-electron chi connectivity index (χ1n) is 8.42. The van der Waals surface area contributed by atoms with Gasteiger partial charge in [-0.25, -0.2) is 4.79 Å². The molecule has 2 aromatic rings. The van der Waals surface area contributed by atoms with E-state index in [0.717, 1.165) is 12.1 Å². The Morgan fingerprint density at radius 3 is 2.39 bits per heavy atom. The summed E-state index contributed by atoms with van der Waals surface area (Å²) in [5, 5.41) is 0.427. The maximum atomic E-state index is 12.9. The molecule has 0 aliphatic rings. The van der Waals surface area contributed by atoms with Crippen LogP contribution in [0.5, 0.6) is 5.75 Å². The number of halogens is 4. The van der Waals surface area contributed by atoms with Crippen LogP contribution < -0.4 is 4.74 Å². The highest BCUT2D eigenvalue weighted by Crippen LogP contribution is 2.33. The minimum atomic E-state index is -4.54. The molecule has 0 heterocycles. The van der Waals surface area contributed by atoms with Gasteiger partial charge in [-0.15, -0.1) is 0 Å². The molecule has 0 amide bonds. The Morgan fingerprint density at radius 2 is 1.79 bits per heavy atom. The van der Waals surface area contributed by atoms with Crippen LogP contribution in [-0.2, 0) is 20.5 Å². The van der Waals surface area contributed by atoms with Crippen LogP contribution in [0.3, 0.4) is 0 Å². The average Bonchev–Trinajstić information content (AvgIpc) is 2.63. The molecular formula is C20H18ClF3O4. The van der Waals surface area contributed by atoms with Gasteiger partial charge in [-0.05, 0) is 43.7 Å². The summed E-state index contributed by atoms with van der Waals surface area (Å²) in [4.78, 5) is 23.4. The normalized spacial score (nSPS) is 12.3. The first-order valence-corrected chi connectivity index (χ1v) is 8.80. The summed E-state index contributed by atoms with van der Waals surface area (Å²) in [6.45, 7) is 1.42. The van der Waals surface area contributed by atoms with Gasteiger partial charge in [0.2, 0.25) is 6.10 Å². The predicted octanol–water partition coefficient (Wildman–Crippen LogP) is 5.39. The highest BCUT2D eigenvalue weighted by Gasteiger charge is 2.31. The Morgan fingerprint density at radius 1 is 1.11 bits per heavy atom. The highest BCUT2D eigenvalue weighted by molar-refractivity contribution is 6.30. The first kappa shape index (κ1) is 21.8. The second-order valence-electron chi connectivity index (χ2n) is 6.05. The topological polar surface area (TPSA) is 52.6 Å². The van der Waals surface area contributed by atoms with Crippen LogP contribution in [0.4, 0.5) is 13.2 Å². The monoisotopic (exact) mass is 414 g/mol. The molecule has 0 radical (unpaired) electrons. The summed E-state index contributed by atoms with van der Waals surface area (Å²) in [7, 11) is 0. The van der Waals surface area contributed by atoms with Crippen molar-refractivity contribution in [1.82, 2.24) is 0 Å². The lowest BCUT2D eigenvalue weighted by Gasteiger charge is -2.19. The van der Waals surface area contributed by atoms with Crippen molar-refractivity contribution in [2.45, 2.75) is 32.0 Å². The number of alkyl halides is 3. The molecule has 1 unspecified atom stereocenters. The molecular weight excluding hydrogens is 397 g/mol. The molecule has 0 fully saturated rings. The Bertz CT molecular complexity index is 819. The first-order chi connectivity index (χ1) is 13.2. The molecule has 0 bridgehead atoms. The standard InChI is InChI=1S/C20H18ClF3O4/c1-13(25)4-3-11-27-19(26)18(14-7-9-16(21)10-8-14)28-17-6-2-5-15(12-17)20(22,23)24/h2,5-10,12,18H,3-4,11H2,1H3. The molecule has 4 nitrogen and oxygen atoms in total. The second kappa shape index (κ2) is 9.59. The Kier molecular flexibility index (Phi) is 7.45. The number of ketones is 1. The molecule has 0 N–H and O–H groups in total. The van der Waals surface area contributed by atoms with Crippen molar-refractivity contribution in [3.8, 4) is 5.75 Å². The van der Waals surface area contributed by atoms with E-state index < -0.39 is 23.8 Å². The molecule has 0 aliphatic heterocycles. The minimum Gasteiger partial charge on any atom is -0.474 e. The molecule has 2 rings (SSSR count). The summed E-state index contributed by atoms with van der Waals surface area (Å²) in [5.41, 5.74) is -0.520. The number of esters is 1. The molecule has 8 heteroatoms. The largest absolute Gasteiger partial charge is 0.474 e. The van der Waals surface area contributed by atoms with Crippen molar-refractivity contribution in [3.05, 3.63) is 64.7 Å². The van der Waals surface area contributed by atoms with E-state index in [1.807, 2.05) is 0 Å². The number of carbonyl (C=O) groups is 2. The van der Waals surface area contributed by atoms with Gasteiger partial charge in [0.1, 0.15) is 11.5 Å². The van der Waals surface area contributed by atoms with Gasteiger partial charge in [-0.3, -0.25) is 0 Å². The zero-order valence-electron chi connectivity index (χ0n) is 15.0. The third-order valence-electron chi connectivity index (χ3n) is 3.72. The number of Topliss-reactive ketones (excluding diaryl/α,β-unsaturated/α-hetero) is 1. The van der Waals surface area contributed by atoms with E-state index in [2.05, 4.69) is 0 Å². The SMILES string of the molecule is CC(=O)CCCOC(=O)C(Oc1cccc(C(F)(F)F)c1)c1ccc(Cl)cc1. The lowest BCUT2D eigenvalue weighted by atomic mass is 10.1. The maximum Gasteiger partial charge on any atom is 0.416 e. The lowest BCUT2D eigenvalue weighted by Crippen LogP contribution is -2.22. The van der Waals surface area contributed by atoms with E-state index in [1.54, 1.807) is 0 Å². The average molecular weight is 415 g/mol. The van der Waals surface area contributed by atoms with Crippen molar-refractivity contribution in [3.63, 3.8) is 0 Å². The minimum absolute atomic E-state index is 0.00550. The van der Waals surface area contributed by atoms with Gasteiger partial charge in [-0.2, -0.15) is 13.2 Å². The van der Waals surface area contributed by atoms with E-state index in [0.29, 0.717) is 17.0 Å². The van der Waals surface area contributed by atoms with Crippen LogP contribution in [0.2, 0.25) is 5.02 Å². The van der Waals surface area contributed by atoms with Crippen molar-refractivity contribution in [2.75, 3.05) is 6.61 Å². The molecule has 0 spiro atoms. The zero-order chi connectivity index (χ0) is 20.7. The smallest absolute Gasteiger partial charge is 0.416 e. The molecule has 2 aromatic carbocycles. The summed E-state index contributed by atoms with van der Waals surface area (Å²) >= 11 is 5.85. The van der Waals surface area contributed by atoms with Gasteiger partial charge >= 0.3 is 12.1 Å². The Hall–Kier alpha value is -2.54. The fourth-order valence-electron chi connectivity index (χ4n) is 2.34. The number of ether oxygens (including phenoxy) is 2. The summed E-state index contributed by atoms with van der Waals surface area (Å²) in [6.07, 6.45) is -5.22. The fraction of sp³-hybridized carbons (Fsp3) is 0.300. The molecule has 0 saturated carbocycles. The molecule has 0 aromatic heterocycles. The third-order valence-corrected chi connectivity index (χ3v) is 3.97. The molecule has 1 atom stereocenters. The predicted molar refractivity (Wildman–Crippen MR) is 97.1 cm³/mol. The van der Waals surface area contributed by atoms with Crippen LogP contribution in [0.15, 0.2) is 48.5 Å². The molecule has 150 valence electrons. The zero-order valence-corrected chi connectivity index (χ0v) is 15.7. The van der Waals surface area contributed by atoms with Gasteiger partial charge in [0.05, 0.1) is 12.2 Å². The van der Waals surface area contributed by atoms with Gasteiger partial charge in [0.15, 0.2) is 0 Å². The quantitative estimate of drug-likeness (QED) is 0.429. The van der Waals surface area contributed by atoms with Crippen molar-refractivity contribution in [2.24, 2.45) is 0 Å². The van der Waals surface area contributed by atoms with Crippen molar-refractivity contribution >= 4 is 23.4 Å². The van der Waals surface area contributed by atoms with Crippen LogP contribution in [0.25, 0.3) is 0 Å². The van der Waals surface area contributed by atoms with Crippen molar-refractivity contribution < 1.29 is 32.2 Å². The molecule has 0 saturated heterocycles. The van der Waals surface area contributed by atoms with E-state index in [-0.39, 0.29) is 24.6 Å². The van der Waals surface area contributed by atoms with Crippen molar-refractivity contribution in [1.29, 1.82) is 0 Å². The van der Waals surface area contributed by atoms with Crippen LogP contribution in [0.1, 0.15) is 37.0 Å². The van der Waals surface area contributed by atoms with Crippen LogP contribution >= 0.6 is 11.6 Å². The van der Waals surface area contributed by atoms with Gasteiger partial charge < -0.3 is 14.3 Å². The van der Waals surface area contributed by atoms with Gasteiger partial charge in [-0.1, -0.05) is 29.8 Å². The second-order valence-corrected chi connectivity index (χ2v) is 6.48. The van der Waals surface area contributed by atoms with Gasteiger partial charge in [0.25, 0.3) is 0 Å². The molecule has 28 heavy (non-hydrogen) atoms. The van der Waals surface area contributed by atoms with Crippen LogP contribution in [-0.4, -0.2) is 18.4 Å². The summed E-state index contributed by atoms with van der Waals surface area (Å²) in [5.74, 6) is -0.940. The number of hydrogen-bond acceptors (Lipinski definition) is 4. The third kappa shape index (κ3) is 6.56. The lowest BCUT2D eigenvalue weighted by molar-refractivity contribution is -0.152. The maximum absolute atomic E-state index is 12.9. The number of benzene rings is 2. The van der Waals surface area contributed by atoms with E-state index >= 15 is 0 Å². The fourth-order valence-corrected chi connectivity index (χ4v) is 2.47. The van der Waals surface area contributed by atoms with E-state index in [9.17, 15) is 22.8 Å².